The van der Waals surface area contributed by atoms with Crippen LogP contribution in [0.25, 0.3) is 0 Å². The number of carbonyl (C=O) groups is 9. The fraction of sp³-hybridized carbons (Fsp3) is 0.667. The van der Waals surface area contributed by atoms with Gasteiger partial charge in [0.25, 0.3) is 0 Å². The summed E-state index contributed by atoms with van der Waals surface area (Å²) in [7, 11) is 9.78. The first kappa shape index (κ1) is 43.3. The van der Waals surface area contributed by atoms with Crippen molar-refractivity contribution in [3.8, 4) is 0 Å². The Labute approximate surface area is 269 Å². The van der Waals surface area contributed by atoms with Gasteiger partial charge in [-0.1, -0.05) is 13.8 Å². The Balaban J connectivity index is 0. The quantitative estimate of drug-likeness (QED) is 0.109. The molecule has 19 heteroatoms. The highest BCUT2D eigenvalue weighted by Gasteiger charge is 2.23. The third-order valence-electron chi connectivity index (χ3n) is 6.03. The van der Waals surface area contributed by atoms with Crippen molar-refractivity contribution in [3.63, 3.8) is 0 Å². The van der Waals surface area contributed by atoms with Gasteiger partial charge in [0, 0.05) is 42.3 Å². The van der Waals surface area contributed by atoms with Crippen LogP contribution >= 0.6 is 0 Å². The molecule has 0 aliphatic rings. The lowest BCUT2D eigenvalue weighted by molar-refractivity contribution is -0.143. The summed E-state index contributed by atoms with van der Waals surface area (Å²) in [5.74, 6) is -5.12. The summed E-state index contributed by atoms with van der Waals surface area (Å²) >= 11 is 0. The number of primary amides is 1. The van der Waals surface area contributed by atoms with Crippen LogP contribution in [0.2, 0.25) is 0 Å². The van der Waals surface area contributed by atoms with Crippen molar-refractivity contribution >= 4 is 53.2 Å². The van der Waals surface area contributed by atoms with Crippen LogP contribution < -0.4 is 21.7 Å². The second-order valence-corrected chi connectivity index (χ2v) is 10.0. The van der Waals surface area contributed by atoms with Gasteiger partial charge in [0.1, 0.15) is 0 Å². The number of rotatable bonds is 18. The Morgan fingerprint density at radius 2 is 0.696 bits per heavy atom. The van der Waals surface area contributed by atoms with Crippen LogP contribution in [0, 0.1) is 0 Å². The molecular formula is C27H50N10O9. The van der Waals surface area contributed by atoms with E-state index in [1.807, 2.05) is 13.8 Å². The Bertz CT molecular complexity index is 1100. The van der Waals surface area contributed by atoms with Gasteiger partial charge in [-0.2, -0.15) is 0 Å². The maximum Gasteiger partial charge on any atom is 0.242 e. The summed E-state index contributed by atoms with van der Waals surface area (Å²) in [5, 5.41) is 7.27. The highest BCUT2D eigenvalue weighted by molar-refractivity contribution is 5.93. The smallest absolute Gasteiger partial charge is 0.242 e. The third-order valence-corrected chi connectivity index (χ3v) is 6.03. The number of carbonyl (C=O) groups excluding carboxylic acids is 9. The summed E-state index contributed by atoms with van der Waals surface area (Å²) in [6, 6.07) is 0. The fourth-order valence-electron chi connectivity index (χ4n) is 3.15. The van der Waals surface area contributed by atoms with Gasteiger partial charge in [0.2, 0.25) is 53.2 Å². The maximum absolute atomic E-state index is 12.5. The molecule has 0 aromatic rings. The predicted octanol–water partition coefficient (Wildman–Crippen LogP) is -5.30. The van der Waals surface area contributed by atoms with E-state index in [2.05, 4.69) is 16.0 Å². The van der Waals surface area contributed by atoms with E-state index in [1.54, 1.807) is 7.05 Å². The van der Waals surface area contributed by atoms with E-state index in [9.17, 15) is 43.2 Å². The van der Waals surface area contributed by atoms with Crippen LogP contribution in [0.4, 0.5) is 0 Å². The zero-order valence-electron chi connectivity index (χ0n) is 28.3. The lowest BCUT2D eigenvalue weighted by Crippen LogP contribution is -2.49. The minimum absolute atomic E-state index is 0.0553. The molecule has 0 aromatic heterocycles. The van der Waals surface area contributed by atoms with Crippen LogP contribution in [0.15, 0.2) is 0 Å². The SMILES string of the molecule is CC.CNCC(=O)N(C)CC(=O)N(C)CC(=O)N(C)CC(=O)NCC(=O)N(C)CC(=O)N(C)CC(=O)N(C)CC(=O)NCC(N)=O. The highest BCUT2D eigenvalue weighted by atomic mass is 16.2. The van der Waals surface area contributed by atoms with Crippen molar-refractivity contribution < 1.29 is 43.2 Å². The standard InChI is InChI=1S/C25H44N10O9.C2H6/c1-27-9-20(39)32(4)13-24(43)34(6)16-23(42)31(3)12-19(38)29-10-21(40)33(5)14-25(44)35(7)15-22(41)30(2)11-18(37)28-8-17(26)36;1-2/h27H,8-16H2,1-7H3,(H2,26,36)(H,28,37)(H,29,38);1-2H3. The molecular weight excluding hydrogens is 608 g/mol. The molecule has 0 spiro atoms. The normalized spacial score (nSPS) is 9.85. The van der Waals surface area contributed by atoms with E-state index in [0.717, 1.165) is 24.5 Å². The Hall–Kier alpha value is -4.81. The zero-order chi connectivity index (χ0) is 36.1. The molecule has 0 atom stereocenters. The molecule has 5 N–H and O–H groups in total. The molecule has 0 saturated carbocycles. The Morgan fingerprint density at radius 1 is 0.435 bits per heavy atom. The molecule has 19 nitrogen and oxygen atoms in total. The first-order chi connectivity index (χ1) is 21.4. The van der Waals surface area contributed by atoms with Gasteiger partial charge >= 0.3 is 0 Å². The predicted molar refractivity (Wildman–Crippen MR) is 166 cm³/mol. The average Bonchev–Trinajstić information content (AvgIpc) is 2.99. The van der Waals surface area contributed by atoms with Crippen LogP contribution in [0.1, 0.15) is 13.8 Å². The van der Waals surface area contributed by atoms with Gasteiger partial charge in [-0.05, 0) is 7.05 Å². The molecule has 0 radical (unpaired) electrons. The molecule has 0 aliphatic carbocycles. The van der Waals surface area contributed by atoms with Crippen LogP contribution in [0.3, 0.4) is 0 Å². The summed E-state index contributed by atoms with van der Waals surface area (Å²) in [6.45, 7) is 1.08. The molecule has 9 amide bonds. The molecule has 0 bridgehead atoms. The number of nitrogens with two attached hydrogens (primary N) is 1. The molecule has 0 heterocycles. The lowest BCUT2D eigenvalue weighted by Gasteiger charge is -2.25. The summed E-state index contributed by atoms with van der Waals surface area (Å²) in [4.78, 5) is 115. The topological polar surface area (TPSA) is 235 Å². The Kier molecular flexibility index (Phi) is 21.3. The monoisotopic (exact) mass is 658 g/mol. The van der Waals surface area contributed by atoms with Crippen molar-refractivity contribution in [2.75, 3.05) is 108 Å². The van der Waals surface area contributed by atoms with Gasteiger partial charge in [-0.15, -0.1) is 0 Å². The summed E-state index contributed by atoms with van der Waals surface area (Å²) < 4.78 is 0. The lowest BCUT2D eigenvalue weighted by atomic mass is 10.3. The molecule has 0 fully saturated rings. The van der Waals surface area contributed by atoms with E-state index in [1.165, 1.54) is 47.2 Å². The third kappa shape index (κ3) is 18.1. The van der Waals surface area contributed by atoms with Crippen molar-refractivity contribution in [1.29, 1.82) is 0 Å². The molecule has 0 aromatic carbocycles. The van der Waals surface area contributed by atoms with E-state index in [4.69, 9.17) is 5.73 Å². The van der Waals surface area contributed by atoms with Crippen LogP contribution in [-0.4, -0.2) is 191 Å². The second-order valence-electron chi connectivity index (χ2n) is 10.0. The second kappa shape index (κ2) is 22.7. The van der Waals surface area contributed by atoms with Crippen molar-refractivity contribution in [3.05, 3.63) is 0 Å². The van der Waals surface area contributed by atoms with Gasteiger partial charge in [-0.3, -0.25) is 43.2 Å². The number of hydrogen-bond acceptors (Lipinski definition) is 10. The van der Waals surface area contributed by atoms with Crippen LogP contribution in [0.5, 0.6) is 0 Å². The molecule has 0 unspecified atom stereocenters. The minimum atomic E-state index is -0.743. The van der Waals surface area contributed by atoms with E-state index < -0.39 is 66.9 Å². The summed E-state index contributed by atoms with van der Waals surface area (Å²) in [6.07, 6.45) is 0. The number of nitrogens with one attached hydrogen (secondary N) is 3. The van der Waals surface area contributed by atoms with Gasteiger partial charge in [-0.25, -0.2) is 0 Å². The van der Waals surface area contributed by atoms with E-state index in [-0.39, 0.29) is 45.2 Å². The highest BCUT2D eigenvalue weighted by Crippen LogP contribution is 1.96. The number of amides is 9. The van der Waals surface area contributed by atoms with Crippen molar-refractivity contribution in [1.82, 2.24) is 45.3 Å². The number of nitrogens with zero attached hydrogens (tertiary/aromatic N) is 6. The first-order valence-electron chi connectivity index (χ1n) is 14.3. The maximum atomic E-state index is 12.5. The van der Waals surface area contributed by atoms with Crippen LogP contribution in [-0.2, 0) is 43.2 Å². The molecule has 0 saturated heterocycles. The van der Waals surface area contributed by atoms with E-state index in [0.29, 0.717) is 0 Å². The Morgan fingerprint density at radius 3 is 1.00 bits per heavy atom. The zero-order valence-corrected chi connectivity index (χ0v) is 28.3. The average molecular weight is 659 g/mol. The van der Waals surface area contributed by atoms with Gasteiger partial charge < -0.3 is 51.1 Å². The molecule has 262 valence electrons. The van der Waals surface area contributed by atoms with Crippen molar-refractivity contribution in [2.24, 2.45) is 5.73 Å². The molecule has 0 rings (SSSR count). The summed E-state index contributed by atoms with van der Waals surface area (Å²) in [5.41, 5.74) is 4.94. The largest absolute Gasteiger partial charge is 0.368 e. The molecule has 46 heavy (non-hydrogen) atoms. The van der Waals surface area contributed by atoms with E-state index >= 15 is 0 Å². The minimum Gasteiger partial charge on any atom is -0.368 e. The fourth-order valence-corrected chi connectivity index (χ4v) is 3.15. The number of likely N-dealkylation sites (N-methyl/N-ethyl adjacent to an activating group) is 7. The van der Waals surface area contributed by atoms with Gasteiger partial charge in [0.15, 0.2) is 0 Å². The molecule has 0 aliphatic heterocycles. The number of hydrogen-bond donors (Lipinski definition) is 4. The van der Waals surface area contributed by atoms with Crippen molar-refractivity contribution in [2.45, 2.75) is 13.8 Å². The van der Waals surface area contributed by atoms with Gasteiger partial charge in [0.05, 0.1) is 58.9 Å². The first-order valence-corrected chi connectivity index (χ1v) is 14.3.